The van der Waals surface area contributed by atoms with Gasteiger partial charge in [-0.3, -0.25) is 0 Å². The van der Waals surface area contributed by atoms with Crippen LogP contribution in [-0.4, -0.2) is 42.8 Å². The van der Waals surface area contributed by atoms with Gasteiger partial charge in [-0.15, -0.1) is 0 Å². The molecule has 0 bridgehead atoms. The van der Waals surface area contributed by atoms with Crippen LogP contribution in [0.15, 0.2) is 36.4 Å². The number of benzene rings is 1. The van der Waals surface area contributed by atoms with Crippen molar-refractivity contribution in [2.24, 2.45) is 11.7 Å². The van der Waals surface area contributed by atoms with Crippen LogP contribution in [0.2, 0.25) is 0 Å². The van der Waals surface area contributed by atoms with Crippen molar-refractivity contribution in [3.8, 4) is 0 Å². The Labute approximate surface area is 143 Å². The van der Waals surface area contributed by atoms with Crippen LogP contribution in [0.1, 0.15) is 12.1 Å². The van der Waals surface area contributed by atoms with Gasteiger partial charge in [-0.2, -0.15) is 4.98 Å². The molecule has 1 aliphatic heterocycles. The zero-order valence-electron chi connectivity index (χ0n) is 14.3. The van der Waals surface area contributed by atoms with E-state index in [2.05, 4.69) is 32.3 Å². The van der Waals surface area contributed by atoms with Crippen LogP contribution in [-0.2, 0) is 4.74 Å². The summed E-state index contributed by atoms with van der Waals surface area (Å²) in [6, 6.07) is 12.2. The lowest BCUT2D eigenvalue weighted by molar-refractivity contribution is 0.113. The molecular weight excluding hydrogens is 302 g/mol. The average Bonchev–Trinajstić information content (AvgIpc) is 3.08. The molecule has 128 valence electrons. The van der Waals surface area contributed by atoms with Gasteiger partial charge in [0.2, 0.25) is 5.95 Å². The molecule has 1 saturated heterocycles. The van der Waals surface area contributed by atoms with E-state index >= 15 is 0 Å². The van der Waals surface area contributed by atoms with Gasteiger partial charge in [-0.1, -0.05) is 18.2 Å². The van der Waals surface area contributed by atoms with Gasteiger partial charge in [-0.25, -0.2) is 4.98 Å². The van der Waals surface area contributed by atoms with Crippen LogP contribution >= 0.6 is 0 Å². The van der Waals surface area contributed by atoms with E-state index in [1.54, 1.807) is 0 Å². The molecule has 3 rings (SSSR count). The smallest absolute Gasteiger partial charge is 0.224 e. The fraction of sp³-hybridized carbons (Fsp3) is 0.444. The Hall–Kier alpha value is -2.18. The quantitative estimate of drug-likeness (QED) is 0.848. The van der Waals surface area contributed by atoms with Gasteiger partial charge in [0.25, 0.3) is 0 Å². The summed E-state index contributed by atoms with van der Waals surface area (Å²) in [5.74, 6) is 1.99. The predicted molar refractivity (Wildman–Crippen MR) is 96.7 cm³/mol. The monoisotopic (exact) mass is 327 g/mol. The molecule has 0 saturated carbocycles. The molecular formula is C18H25N5O. The average molecular weight is 327 g/mol. The van der Waals surface area contributed by atoms with Gasteiger partial charge in [-0.05, 0) is 25.5 Å². The molecule has 6 nitrogen and oxygen atoms in total. The summed E-state index contributed by atoms with van der Waals surface area (Å²) in [4.78, 5) is 11.2. The van der Waals surface area contributed by atoms with E-state index in [4.69, 9.17) is 10.5 Å². The fourth-order valence-electron chi connectivity index (χ4n) is 2.91. The van der Waals surface area contributed by atoms with Gasteiger partial charge in [0, 0.05) is 43.5 Å². The highest BCUT2D eigenvalue weighted by atomic mass is 16.5. The second-order valence-electron chi connectivity index (χ2n) is 6.26. The summed E-state index contributed by atoms with van der Waals surface area (Å²) >= 11 is 0. The third-order valence-corrected chi connectivity index (χ3v) is 4.30. The summed E-state index contributed by atoms with van der Waals surface area (Å²) in [5.41, 5.74) is 7.69. The van der Waals surface area contributed by atoms with Crippen molar-refractivity contribution in [3.05, 3.63) is 42.1 Å². The number of anilines is 3. The number of hydrogen-bond acceptors (Lipinski definition) is 6. The van der Waals surface area contributed by atoms with Gasteiger partial charge >= 0.3 is 0 Å². The molecule has 0 radical (unpaired) electrons. The van der Waals surface area contributed by atoms with E-state index in [0.717, 1.165) is 36.8 Å². The maximum Gasteiger partial charge on any atom is 0.224 e. The molecule has 3 N–H and O–H groups in total. The van der Waals surface area contributed by atoms with E-state index in [9.17, 15) is 0 Å². The third kappa shape index (κ3) is 4.01. The van der Waals surface area contributed by atoms with Crippen LogP contribution in [0.5, 0.6) is 0 Å². The molecule has 2 atom stereocenters. The van der Waals surface area contributed by atoms with E-state index in [0.29, 0.717) is 18.4 Å². The second-order valence-corrected chi connectivity index (χ2v) is 6.26. The molecule has 1 fully saturated rings. The molecule has 0 spiro atoms. The molecule has 0 aliphatic carbocycles. The van der Waals surface area contributed by atoms with Crippen molar-refractivity contribution in [1.29, 1.82) is 0 Å². The minimum absolute atomic E-state index is 0.190. The van der Waals surface area contributed by atoms with Crippen LogP contribution in [0.3, 0.4) is 0 Å². The van der Waals surface area contributed by atoms with Crippen molar-refractivity contribution in [2.45, 2.75) is 19.4 Å². The molecule has 2 aromatic rings. The van der Waals surface area contributed by atoms with Crippen molar-refractivity contribution >= 4 is 17.5 Å². The van der Waals surface area contributed by atoms with Gasteiger partial charge in [0.05, 0.1) is 12.7 Å². The number of aromatic nitrogens is 2. The largest absolute Gasteiger partial charge is 0.377 e. The van der Waals surface area contributed by atoms with Crippen LogP contribution < -0.4 is 16.0 Å². The first-order valence-corrected chi connectivity index (χ1v) is 8.35. The van der Waals surface area contributed by atoms with Crippen LogP contribution in [0, 0.1) is 12.8 Å². The molecule has 6 heteroatoms. The number of nitrogens with one attached hydrogen (secondary N) is 1. The Kier molecular flexibility index (Phi) is 5.27. The highest BCUT2D eigenvalue weighted by molar-refractivity contribution is 5.60. The lowest BCUT2D eigenvalue weighted by Crippen LogP contribution is -2.20. The Balaban J connectivity index is 1.68. The maximum absolute atomic E-state index is 5.66. The number of nitrogens with two attached hydrogens (primary N) is 1. The minimum Gasteiger partial charge on any atom is -0.377 e. The number of hydrogen-bond donors (Lipinski definition) is 2. The van der Waals surface area contributed by atoms with E-state index < -0.39 is 0 Å². The molecule has 2 unspecified atom stereocenters. The first kappa shape index (κ1) is 16.7. The SMILES string of the molecule is Cc1cc(N(C)c2ccccc2)nc(NCC2COC(CN)C2)n1. The van der Waals surface area contributed by atoms with Crippen molar-refractivity contribution in [1.82, 2.24) is 9.97 Å². The van der Waals surface area contributed by atoms with Gasteiger partial charge in [0.15, 0.2) is 0 Å². The Bertz CT molecular complexity index is 664. The van der Waals surface area contributed by atoms with Crippen molar-refractivity contribution in [2.75, 3.05) is 37.0 Å². The van der Waals surface area contributed by atoms with E-state index in [1.165, 1.54) is 0 Å². The number of ether oxygens (including phenoxy) is 1. The standard InChI is InChI=1S/C18H25N5O/c1-13-8-17(23(2)15-6-4-3-5-7-15)22-18(21-13)20-11-14-9-16(10-19)24-12-14/h3-8,14,16H,9-12,19H2,1-2H3,(H,20,21,22). The summed E-state index contributed by atoms with van der Waals surface area (Å²) < 4.78 is 5.63. The summed E-state index contributed by atoms with van der Waals surface area (Å²) in [6.45, 7) is 4.12. The molecule has 1 aromatic carbocycles. The highest BCUT2D eigenvalue weighted by Crippen LogP contribution is 2.23. The first-order chi connectivity index (χ1) is 11.7. The highest BCUT2D eigenvalue weighted by Gasteiger charge is 2.24. The van der Waals surface area contributed by atoms with Crippen molar-refractivity contribution < 1.29 is 4.74 Å². The maximum atomic E-state index is 5.66. The van der Waals surface area contributed by atoms with E-state index in [1.807, 2.05) is 38.2 Å². The van der Waals surface area contributed by atoms with E-state index in [-0.39, 0.29) is 6.10 Å². The Morgan fingerprint density at radius 1 is 1.29 bits per heavy atom. The van der Waals surface area contributed by atoms with Gasteiger partial charge in [0.1, 0.15) is 5.82 Å². The molecule has 24 heavy (non-hydrogen) atoms. The number of aryl methyl sites for hydroxylation is 1. The zero-order valence-corrected chi connectivity index (χ0v) is 14.3. The fourth-order valence-corrected chi connectivity index (χ4v) is 2.91. The van der Waals surface area contributed by atoms with Crippen LogP contribution in [0.25, 0.3) is 0 Å². The summed E-state index contributed by atoms with van der Waals surface area (Å²) in [5, 5.41) is 3.35. The van der Waals surface area contributed by atoms with Crippen LogP contribution in [0.4, 0.5) is 17.5 Å². The summed E-state index contributed by atoms with van der Waals surface area (Å²) in [6.07, 6.45) is 1.18. The molecule has 1 aromatic heterocycles. The molecule has 0 amide bonds. The lowest BCUT2D eigenvalue weighted by atomic mass is 10.1. The third-order valence-electron chi connectivity index (χ3n) is 4.30. The number of nitrogens with zero attached hydrogens (tertiary/aromatic N) is 3. The molecule has 2 heterocycles. The lowest BCUT2D eigenvalue weighted by Gasteiger charge is -2.19. The predicted octanol–water partition coefficient (Wildman–Crippen LogP) is 2.33. The number of rotatable bonds is 6. The Morgan fingerprint density at radius 2 is 2.08 bits per heavy atom. The second kappa shape index (κ2) is 7.59. The minimum atomic E-state index is 0.190. The first-order valence-electron chi connectivity index (χ1n) is 8.35. The Morgan fingerprint density at radius 3 is 2.79 bits per heavy atom. The van der Waals surface area contributed by atoms with Crippen molar-refractivity contribution in [3.63, 3.8) is 0 Å². The van der Waals surface area contributed by atoms with Gasteiger partial charge < -0.3 is 20.7 Å². The summed E-state index contributed by atoms with van der Waals surface area (Å²) in [7, 11) is 2.01. The topological polar surface area (TPSA) is 76.3 Å². The molecule has 1 aliphatic rings. The number of para-hydroxylation sites is 1. The normalized spacial score (nSPS) is 20.1. The zero-order chi connectivity index (χ0) is 16.9.